The van der Waals surface area contributed by atoms with Crippen LogP contribution in [-0.4, -0.2) is 36.5 Å². The Labute approximate surface area is 158 Å². The standard InChI is InChI=1S/C23H34N2O/c1-18(2)25-15-12-21(13-16-25)17-20-9-7-19(8-10-20)11-14-24-23(26)22-5-3-4-6-22/h3-4,7-10,18,21-22H,5-6,11-17H2,1-2H3,(H,24,26). The third kappa shape index (κ3) is 5.44. The molecule has 0 unspecified atom stereocenters. The highest BCUT2D eigenvalue weighted by Crippen LogP contribution is 2.23. The van der Waals surface area contributed by atoms with Crippen LogP contribution in [0.2, 0.25) is 0 Å². The van der Waals surface area contributed by atoms with Crippen LogP contribution in [0.1, 0.15) is 50.7 Å². The van der Waals surface area contributed by atoms with E-state index in [1.165, 1.54) is 43.5 Å². The van der Waals surface area contributed by atoms with Gasteiger partial charge in [-0.25, -0.2) is 0 Å². The number of nitrogens with zero attached hydrogens (tertiary/aromatic N) is 1. The summed E-state index contributed by atoms with van der Waals surface area (Å²) in [5, 5.41) is 3.08. The molecule has 142 valence electrons. The molecule has 2 aliphatic rings. The Morgan fingerprint density at radius 1 is 1.08 bits per heavy atom. The molecule has 1 aromatic rings. The summed E-state index contributed by atoms with van der Waals surface area (Å²) in [7, 11) is 0. The van der Waals surface area contributed by atoms with Crippen molar-refractivity contribution in [2.24, 2.45) is 11.8 Å². The summed E-state index contributed by atoms with van der Waals surface area (Å²) >= 11 is 0. The number of hydrogen-bond acceptors (Lipinski definition) is 2. The molecule has 1 aromatic carbocycles. The van der Waals surface area contributed by atoms with Crippen LogP contribution >= 0.6 is 0 Å². The third-order valence-electron chi connectivity index (χ3n) is 6.02. The summed E-state index contributed by atoms with van der Waals surface area (Å²) in [6.45, 7) is 7.83. The van der Waals surface area contributed by atoms with Gasteiger partial charge in [0.25, 0.3) is 0 Å². The molecule has 3 nitrogen and oxygen atoms in total. The van der Waals surface area contributed by atoms with Crippen molar-refractivity contribution in [2.75, 3.05) is 19.6 Å². The minimum absolute atomic E-state index is 0.166. The highest BCUT2D eigenvalue weighted by molar-refractivity contribution is 5.79. The first-order valence-corrected chi connectivity index (χ1v) is 10.4. The fraction of sp³-hybridized carbons (Fsp3) is 0.609. The van der Waals surface area contributed by atoms with Crippen molar-refractivity contribution in [1.82, 2.24) is 10.2 Å². The fourth-order valence-corrected chi connectivity index (χ4v) is 4.15. The Morgan fingerprint density at radius 3 is 2.31 bits per heavy atom. The van der Waals surface area contributed by atoms with Crippen molar-refractivity contribution >= 4 is 5.91 Å². The average molecular weight is 355 g/mol. The van der Waals surface area contributed by atoms with Gasteiger partial charge in [-0.1, -0.05) is 36.4 Å². The lowest BCUT2D eigenvalue weighted by molar-refractivity contribution is -0.124. The number of amides is 1. The number of hydrogen-bond donors (Lipinski definition) is 1. The molecule has 0 aromatic heterocycles. The number of piperidine rings is 1. The van der Waals surface area contributed by atoms with Gasteiger partial charge in [0, 0.05) is 18.5 Å². The van der Waals surface area contributed by atoms with E-state index in [4.69, 9.17) is 0 Å². The molecule has 1 amide bonds. The second-order valence-electron chi connectivity index (χ2n) is 8.27. The topological polar surface area (TPSA) is 32.3 Å². The molecule has 0 spiro atoms. The van der Waals surface area contributed by atoms with E-state index in [9.17, 15) is 4.79 Å². The van der Waals surface area contributed by atoms with Gasteiger partial charge in [-0.3, -0.25) is 4.79 Å². The Bertz CT molecular complexity index is 589. The summed E-state index contributed by atoms with van der Waals surface area (Å²) in [6, 6.07) is 9.73. The Kier molecular flexibility index (Phi) is 6.90. The number of rotatable bonds is 7. The van der Waals surface area contributed by atoms with Gasteiger partial charge < -0.3 is 10.2 Å². The quantitative estimate of drug-likeness (QED) is 0.751. The number of carbonyl (C=O) groups excluding carboxylic acids is 1. The second kappa shape index (κ2) is 9.36. The van der Waals surface area contributed by atoms with Gasteiger partial charge in [0.1, 0.15) is 0 Å². The van der Waals surface area contributed by atoms with Gasteiger partial charge in [-0.05, 0) is 82.5 Å². The zero-order valence-corrected chi connectivity index (χ0v) is 16.4. The van der Waals surface area contributed by atoms with Crippen molar-refractivity contribution in [3.63, 3.8) is 0 Å². The van der Waals surface area contributed by atoms with Crippen LogP contribution in [0.3, 0.4) is 0 Å². The molecule has 1 N–H and O–H groups in total. The second-order valence-corrected chi connectivity index (χ2v) is 8.27. The first kappa shape index (κ1) is 19.2. The van der Waals surface area contributed by atoms with E-state index >= 15 is 0 Å². The Hall–Kier alpha value is -1.61. The van der Waals surface area contributed by atoms with Gasteiger partial charge in [0.2, 0.25) is 5.91 Å². The van der Waals surface area contributed by atoms with Gasteiger partial charge in [-0.15, -0.1) is 0 Å². The van der Waals surface area contributed by atoms with Crippen LogP contribution in [-0.2, 0) is 17.6 Å². The molecule has 3 rings (SSSR count). The van der Waals surface area contributed by atoms with Crippen LogP contribution in [0.5, 0.6) is 0 Å². The molecule has 1 aliphatic carbocycles. The predicted molar refractivity (Wildman–Crippen MR) is 108 cm³/mol. The number of likely N-dealkylation sites (tertiary alicyclic amines) is 1. The number of benzene rings is 1. The summed E-state index contributed by atoms with van der Waals surface area (Å²) in [5.74, 6) is 1.20. The van der Waals surface area contributed by atoms with Crippen LogP contribution < -0.4 is 5.32 Å². The van der Waals surface area contributed by atoms with E-state index < -0.39 is 0 Å². The molecule has 0 atom stereocenters. The van der Waals surface area contributed by atoms with Gasteiger partial charge >= 0.3 is 0 Å². The average Bonchev–Trinajstić information content (AvgIpc) is 3.18. The summed E-state index contributed by atoms with van der Waals surface area (Å²) in [4.78, 5) is 14.6. The van der Waals surface area contributed by atoms with Crippen molar-refractivity contribution in [3.8, 4) is 0 Å². The maximum Gasteiger partial charge on any atom is 0.223 e. The number of nitrogens with one attached hydrogen (secondary N) is 1. The minimum atomic E-state index is 0.166. The summed E-state index contributed by atoms with van der Waals surface area (Å²) in [6.07, 6.45) is 10.8. The van der Waals surface area contributed by atoms with Crippen molar-refractivity contribution in [2.45, 2.75) is 58.4 Å². The molecule has 0 radical (unpaired) electrons. The van der Waals surface area contributed by atoms with Gasteiger partial charge in [0.15, 0.2) is 0 Å². The van der Waals surface area contributed by atoms with Crippen LogP contribution in [0.25, 0.3) is 0 Å². The van der Waals surface area contributed by atoms with E-state index in [2.05, 4.69) is 60.5 Å². The van der Waals surface area contributed by atoms with Gasteiger partial charge in [-0.2, -0.15) is 0 Å². The van der Waals surface area contributed by atoms with E-state index in [-0.39, 0.29) is 11.8 Å². The molecule has 1 fully saturated rings. The van der Waals surface area contributed by atoms with E-state index in [0.29, 0.717) is 6.04 Å². The largest absolute Gasteiger partial charge is 0.356 e. The first-order valence-electron chi connectivity index (χ1n) is 10.4. The normalized spacial score (nSPS) is 19.3. The number of allylic oxidation sites excluding steroid dienone is 2. The molecular weight excluding hydrogens is 320 g/mol. The highest BCUT2D eigenvalue weighted by atomic mass is 16.1. The summed E-state index contributed by atoms with van der Waals surface area (Å²) < 4.78 is 0. The molecular formula is C23H34N2O. The van der Waals surface area contributed by atoms with Crippen LogP contribution in [0.4, 0.5) is 0 Å². The van der Waals surface area contributed by atoms with Crippen molar-refractivity contribution in [3.05, 3.63) is 47.5 Å². The lowest BCUT2D eigenvalue weighted by atomic mass is 9.89. The molecule has 26 heavy (non-hydrogen) atoms. The molecule has 0 bridgehead atoms. The minimum Gasteiger partial charge on any atom is -0.356 e. The van der Waals surface area contributed by atoms with E-state index in [1.807, 2.05) is 0 Å². The van der Waals surface area contributed by atoms with Crippen molar-refractivity contribution < 1.29 is 4.79 Å². The first-order chi connectivity index (χ1) is 12.6. The van der Waals surface area contributed by atoms with Crippen molar-refractivity contribution in [1.29, 1.82) is 0 Å². The predicted octanol–water partition coefficient (Wildman–Crippen LogP) is 3.97. The Morgan fingerprint density at radius 2 is 1.69 bits per heavy atom. The SMILES string of the molecule is CC(C)N1CCC(Cc2ccc(CCNC(=O)C3CC=CC3)cc2)CC1. The van der Waals surface area contributed by atoms with Crippen LogP contribution in [0.15, 0.2) is 36.4 Å². The molecule has 1 heterocycles. The third-order valence-corrected chi connectivity index (χ3v) is 6.02. The molecule has 1 saturated heterocycles. The molecule has 0 saturated carbocycles. The maximum atomic E-state index is 12.0. The Balaban J connectivity index is 1.37. The van der Waals surface area contributed by atoms with Gasteiger partial charge in [0.05, 0.1) is 0 Å². The number of carbonyl (C=O) groups is 1. The smallest absolute Gasteiger partial charge is 0.223 e. The van der Waals surface area contributed by atoms with Crippen LogP contribution in [0, 0.1) is 11.8 Å². The maximum absolute atomic E-state index is 12.0. The van der Waals surface area contributed by atoms with E-state index in [0.717, 1.165) is 31.7 Å². The lowest BCUT2D eigenvalue weighted by Gasteiger charge is -2.34. The highest BCUT2D eigenvalue weighted by Gasteiger charge is 2.21. The zero-order valence-electron chi connectivity index (χ0n) is 16.4. The monoisotopic (exact) mass is 354 g/mol. The van der Waals surface area contributed by atoms with E-state index in [1.54, 1.807) is 0 Å². The fourth-order valence-electron chi connectivity index (χ4n) is 4.15. The molecule has 1 aliphatic heterocycles. The zero-order chi connectivity index (χ0) is 18.4. The lowest BCUT2D eigenvalue weighted by Crippen LogP contribution is -2.38. The molecule has 3 heteroatoms. The summed E-state index contributed by atoms with van der Waals surface area (Å²) in [5.41, 5.74) is 2.77.